The molecule has 0 aliphatic rings. The average Bonchev–Trinajstić information content (AvgIpc) is 2.94. The van der Waals surface area contributed by atoms with Crippen LogP contribution in [-0.4, -0.2) is 23.2 Å². The van der Waals surface area contributed by atoms with Crippen LogP contribution in [-0.2, 0) is 4.79 Å². The smallest absolute Gasteiger partial charge is 0.225 e. The van der Waals surface area contributed by atoms with E-state index in [9.17, 15) is 9.59 Å². The number of thiazole rings is 1. The van der Waals surface area contributed by atoms with Crippen LogP contribution in [0.5, 0.6) is 0 Å². The van der Waals surface area contributed by atoms with Crippen LogP contribution < -0.4 is 4.90 Å². The molecule has 1 aromatic heterocycles. The fraction of sp³-hybridized carbons (Fsp3) is 0.235. The van der Waals surface area contributed by atoms with Gasteiger partial charge in [0.1, 0.15) is 0 Å². The minimum atomic E-state index is -0.0616. The highest BCUT2D eigenvalue weighted by molar-refractivity contribution is 7.14. The third kappa shape index (κ3) is 3.89. The molecule has 1 heterocycles. The molecule has 2 aromatic rings. The Labute approximate surface area is 134 Å². The quantitative estimate of drug-likeness (QED) is 0.624. The van der Waals surface area contributed by atoms with Crippen LogP contribution in [0.3, 0.4) is 0 Å². The number of amides is 1. The van der Waals surface area contributed by atoms with Gasteiger partial charge >= 0.3 is 0 Å². The number of allylic oxidation sites excluding steroid dienone is 1. The number of carbonyl (C=O) groups is 2. The number of rotatable bonds is 5. The van der Waals surface area contributed by atoms with Crippen molar-refractivity contribution in [3.05, 3.63) is 52.5 Å². The van der Waals surface area contributed by atoms with E-state index in [1.807, 2.05) is 43.5 Å². The predicted octanol–water partition coefficient (Wildman–Crippen LogP) is 3.72. The Hall–Kier alpha value is -2.27. The van der Waals surface area contributed by atoms with Gasteiger partial charge in [0, 0.05) is 24.4 Å². The van der Waals surface area contributed by atoms with E-state index in [4.69, 9.17) is 0 Å². The summed E-state index contributed by atoms with van der Waals surface area (Å²) >= 11 is 1.39. The average molecular weight is 314 g/mol. The zero-order chi connectivity index (χ0) is 16.1. The van der Waals surface area contributed by atoms with Crippen LogP contribution in [0, 0.1) is 6.92 Å². The second kappa shape index (κ2) is 7.13. The van der Waals surface area contributed by atoms with Crippen molar-refractivity contribution in [2.24, 2.45) is 0 Å². The van der Waals surface area contributed by atoms with Gasteiger partial charge in [-0.25, -0.2) is 4.98 Å². The first-order valence-electron chi connectivity index (χ1n) is 7.04. The second-order valence-electron chi connectivity index (χ2n) is 4.88. The number of benzene rings is 1. The van der Waals surface area contributed by atoms with Crippen LogP contribution in [0.2, 0.25) is 0 Å². The zero-order valence-electron chi connectivity index (χ0n) is 12.9. The predicted molar refractivity (Wildman–Crippen MR) is 90.4 cm³/mol. The van der Waals surface area contributed by atoms with Crippen LogP contribution >= 0.6 is 11.3 Å². The van der Waals surface area contributed by atoms with E-state index in [-0.39, 0.29) is 11.7 Å². The molecule has 0 radical (unpaired) electrons. The van der Waals surface area contributed by atoms with Gasteiger partial charge in [-0.2, -0.15) is 0 Å². The molecular weight excluding hydrogens is 296 g/mol. The summed E-state index contributed by atoms with van der Waals surface area (Å²) in [5, 5.41) is 2.48. The molecule has 114 valence electrons. The standard InChI is InChI=1S/C17H18N2O2S/c1-4-19(13(3)20)17-18-15(11-22-17)9-10-16(21)14-7-5-12(2)6-8-14/h5-11H,4H2,1-3H3/b10-9+. The Kier molecular flexibility index (Phi) is 5.22. The number of anilines is 1. The van der Waals surface area contributed by atoms with Gasteiger partial charge in [0.25, 0.3) is 0 Å². The molecule has 0 unspecified atom stereocenters. The number of carbonyl (C=O) groups excluding carboxylic acids is 2. The molecule has 0 fully saturated rings. The van der Waals surface area contributed by atoms with Crippen molar-refractivity contribution in [1.82, 2.24) is 4.98 Å². The topological polar surface area (TPSA) is 50.3 Å². The van der Waals surface area contributed by atoms with Gasteiger partial charge in [-0.3, -0.25) is 14.5 Å². The number of hydrogen-bond donors (Lipinski definition) is 0. The van der Waals surface area contributed by atoms with E-state index < -0.39 is 0 Å². The highest BCUT2D eigenvalue weighted by atomic mass is 32.1. The molecule has 2 rings (SSSR count). The minimum absolute atomic E-state index is 0.0388. The molecule has 5 heteroatoms. The lowest BCUT2D eigenvalue weighted by Gasteiger charge is -2.14. The maximum absolute atomic E-state index is 12.1. The molecule has 4 nitrogen and oxygen atoms in total. The Morgan fingerprint density at radius 3 is 2.55 bits per heavy atom. The third-order valence-corrected chi connectivity index (χ3v) is 4.06. The van der Waals surface area contributed by atoms with E-state index in [1.54, 1.807) is 11.0 Å². The summed E-state index contributed by atoms with van der Waals surface area (Å²) in [4.78, 5) is 29.5. The molecule has 0 bridgehead atoms. The Bertz CT molecular complexity index is 702. The number of hydrogen-bond acceptors (Lipinski definition) is 4. The molecule has 0 atom stereocenters. The second-order valence-corrected chi connectivity index (χ2v) is 5.72. The van der Waals surface area contributed by atoms with E-state index in [0.717, 1.165) is 5.56 Å². The van der Waals surface area contributed by atoms with Crippen molar-refractivity contribution >= 4 is 34.2 Å². The molecule has 0 spiro atoms. The van der Waals surface area contributed by atoms with Crippen molar-refractivity contribution in [1.29, 1.82) is 0 Å². The van der Waals surface area contributed by atoms with E-state index in [1.165, 1.54) is 24.3 Å². The normalized spacial score (nSPS) is 10.9. The Morgan fingerprint density at radius 1 is 1.27 bits per heavy atom. The van der Waals surface area contributed by atoms with E-state index in [0.29, 0.717) is 22.9 Å². The molecule has 0 saturated heterocycles. The van der Waals surface area contributed by atoms with Crippen molar-refractivity contribution in [2.45, 2.75) is 20.8 Å². The highest BCUT2D eigenvalue weighted by Crippen LogP contribution is 2.21. The molecular formula is C17H18N2O2S. The molecule has 22 heavy (non-hydrogen) atoms. The number of nitrogens with zero attached hydrogens (tertiary/aromatic N) is 2. The van der Waals surface area contributed by atoms with Gasteiger partial charge in [-0.15, -0.1) is 11.3 Å². The number of aromatic nitrogens is 1. The fourth-order valence-corrected chi connectivity index (χ4v) is 2.84. The lowest BCUT2D eigenvalue weighted by Crippen LogP contribution is -2.27. The summed E-state index contributed by atoms with van der Waals surface area (Å²) in [6.07, 6.45) is 3.18. The van der Waals surface area contributed by atoms with Gasteiger partial charge < -0.3 is 0 Å². The summed E-state index contributed by atoms with van der Waals surface area (Å²) in [7, 11) is 0. The summed E-state index contributed by atoms with van der Waals surface area (Å²) < 4.78 is 0. The van der Waals surface area contributed by atoms with Gasteiger partial charge in [-0.1, -0.05) is 29.8 Å². The first-order chi connectivity index (χ1) is 10.5. The first-order valence-corrected chi connectivity index (χ1v) is 7.92. The minimum Gasteiger partial charge on any atom is -0.289 e. The monoisotopic (exact) mass is 314 g/mol. The van der Waals surface area contributed by atoms with Crippen molar-refractivity contribution < 1.29 is 9.59 Å². The lowest BCUT2D eigenvalue weighted by molar-refractivity contribution is -0.116. The summed E-state index contributed by atoms with van der Waals surface area (Å²) in [6.45, 7) is 5.98. The summed E-state index contributed by atoms with van der Waals surface area (Å²) in [5.74, 6) is -0.100. The molecule has 1 amide bonds. The molecule has 0 saturated carbocycles. The summed E-state index contributed by atoms with van der Waals surface area (Å²) in [5.41, 5.74) is 2.45. The van der Waals surface area contributed by atoms with E-state index >= 15 is 0 Å². The van der Waals surface area contributed by atoms with Crippen LogP contribution in [0.15, 0.2) is 35.7 Å². The molecule has 0 aliphatic heterocycles. The van der Waals surface area contributed by atoms with Crippen molar-refractivity contribution in [3.8, 4) is 0 Å². The zero-order valence-corrected chi connectivity index (χ0v) is 13.7. The van der Waals surface area contributed by atoms with E-state index in [2.05, 4.69) is 4.98 Å². The Balaban J connectivity index is 2.10. The van der Waals surface area contributed by atoms with Gasteiger partial charge in [0.15, 0.2) is 10.9 Å². The maximum atomic E-state index is 12.1. The molecule has 1 aromatic carbocycles. The van der Waals surface area contributed by atoms with Gasteiger partial charge in [0.2, 0.25) is 5.91 Å². The SMILES string of the molecule is CCN(C(C)=O)c1nc(/C=C/C(=O)c2ccc(C)cc2)cs1. The van der Waals surface area contributed by atoms with Gasteiger partial charge in [-0.05, 0) is 26.0 Å². The van der Waals surface area contributed by atoms with Crippen LogP contribution in [0.25, 0.3) is 6.08 Å². The number of aryl methyl sites for hydroxylation is 1. The van der Waals surface area contributed by atoms with Crippen molar-refractivity contribution in [2.75, 3.05) is 11.4 Å². The Morgan fingerprint density at radius 2 is 1.95 bits per heavy atom. The third-order valence-electron chi connectivity index (χ3n) is 3.18. The van der Waals surface area contributed by atoms with Crippen LogP contribution in [0.4, 0.5) is 5.13 Å². The summed E-state index contributed by atoms with van der Waals surface area (Å²) in [6, 6.07) is 7.44. The lowest BCUT2D eigenvalue weighted by atomic mass is 10.1. The first kappa shape index (κ1) is 16.1. The van der Waals surface area contributed by atoms with Crippen LogP contribution in [0.1, 0.15) is 35.5 Å². The maximum Gasteiger partial charge on any atom is 0.225 e. The van der Waals surface area contributed by atoms with Gasteiger partial charge in [0.05, 0.1) is 5.69 Å². The molecule has 0 N–H and O–H groups in total. The largest absolute Gasteiger partial charge is 0.289 e. The van der Waals surface area contributed by atoms with Crippen molar-refractivity contribution in [3.63, 3.8) is 0 Å². The number of ketones is 1. The fourth-order valence-electron chi connectivity index (χ4n) is 1.94. The highest BCUT2D eigenvalue weighted by Gasteiger charge is 2.12. The molecule has 0 aliphatic carbocycles.